The highest BCUT2D eigenvalue weighted by atomic mass is 35.5. The van der Waals surface area contributed by atoms with Gasteiger partial charge in [0.2, 0.25) is 0 Å². The zero-order valence-electron chi connectivity index (χ0n) is 10.6. The molecule has 2 unspecified atom stereocenters. The molecular formula is C14H17ClN2S. The van der Waals surface area contributed by atoms with Crippen LogP contribution >= 0.6 is 22.9 Å². The van der Waals surface area contributed by atoms with E-state index in [1.807, 2.05) is 23.7 Å². The molecule has 2 nitrogen and oxygen atoms in total. The second kappa shape index (κ2) is 6.32. The van der Waals surface area contributed by atoms with Crippen molar-refractivity contribution in [3.8, 4) is 0 Å². The fourth-order valence-corrected chi connectivity index (χ4v) is 2.89. The number of thiazole rings is 1. The van der Waals surface area contributed by atoms with Crippen molar-refractivity contribution in [1.82, 2.24) is 10.3 Å². The Bertz CT molecular complexity index is 484. The fraction of sp³-hybridized carbons (Fsp3) is 0.357. The standard InChI is InChI=1S/C14H17ClN2S/c1-10(6-12-4-3-5-13(15)7-12)17-11(2)14-8-18-9-16-14/h3-5,7-11,17H,6H2,1-2H3. The summed E-state index contributed by atoms with van der Waals surface area (Å²) in [5.74, 6) is 0. The van der Waals surface area contributed by atoms with Crippen molar-refractivity contribution in [3.63, 3.8) is 0 Å². The van der Waals surface area contributed by atoms with Crippen molar-refractivity contribution < 1.29 is 0 Å². The SMILES string of the molecule is CC(Cc1cccc(Cl)c1)NC(C)c1cscn1. The molecule has 0 bridgehead atoms. The number of halogens is 1. The Morgan fingerprint density at radius 1 is 1.39 bits per heavy atom. The summed E-state index contributed by atoms with van der Waals surface area (Å²) in [6.45, 7) is 4.33. The number of hydrogen-bond acceptors (Lipinski definition) is 3. The Morgan fingerprint density at radius 3 is 2.89 bits per heavy atom. The summed E-state index contributed by atoms with van der Waals surface area (Å²) in [6.07, 6.45) is 0.967. The van der Waals surface area contributed by atoms with Gasteiger partial charge in [0.25, 0.3) is 0 Å². The summed E-state index contributed by atoms with van der Waals surface area (Å²) in [4.78, 5) is 4.33. The van der Waals surface area contributed by atoms with Gasteiger partial charge in [0, 0.05) is 22.5 Å². The first kappa shape index (κ1) is 13.5. The van der Waals surface area contributed by atoms with Gasteiger partial charge in [-0.05, 0) is 38.0 Å². The van der Waals surface area contributed by atoms with Gasteiger partial charge in [-0.2, -0.15) is 0 Å². The Kier molecular flexibility index (Phi) is 4.75. The number of aromatic nitrogens is 1. The van der Waals surface area contributed by atoms with E-state index in [9.17, 15) is 0 Å². The minimum atomic E-state index is 0.283. The van der Waals surface area contributed by atoms with E-state index in [1.54, 1.807) is 11.3 Å². The van der Waals surface area contributed by atoms with Gasteiger partial charge in [-0.15, -0.1) is 11.3 Å². The summed E-state index contributed by atoms with van der Waals surface area (Å²) in [6, 6.07) is 8.70. The van der Waals surface area contributed by atoms with Crippen LogP contribution in [0.3, 0.4) is 0 Å². The molecule has 2 aromatic rings. The molecule has 1 aromatic heterocycles. The first-order valence-electron chi connectivity index (χ1n) is 6.03. The maximum atomic E-state index is 5.99. The van der Waals surface area contributed by atoms with E-state index < -0.39 is 0 Å². The lowest BCUT2D eigenvalue weighted by Crippen LogP contribution is -2.30. The van der Waals surface area contributed by atoms with Gasteiger partial charge in [0.05, 0.1) is 11.2 Å². The van der Waals surface area contributed by atoms with Crippen LogP contribution in [-0.2, 0) is 6.42 Å². The van der Waals surface area contributed by atoms with Crippen LogP contribution in [0.15, 0.2) is 35.2 Å². The Balaban J connectivity index is 1.91. The molecule has 1 heterocycles. The molecular weight excluding hydrogens is 264 g/mol. The molecule has 0 aliphatic rings. The highest BCUT2D eigenvalue weighted by Crippen LogP contribution is 2.15. The molecule has 1 aromatic carbocycles. The summed E-state index contributed by atoms with van der Waals surface area (Å²) in [5.41, 5.74) is 4.24. The van der Waals surface area contributed by atoms with Crippen LogP contribution in [-0.4, -0.2) is 11.0 Å². The van der Waals surface area contributed by atoms with E-state index in [4.69, 9.17) is 11.6 Å². The maximum Gasteiger partial charge on any atom is 0.0795 e. The van der Waals surface area contributed by atoms with Crippen LogP contribution in [0.2, 0.25) is 5.02 Å². The molecule has 0 saturated carbocycles. The molecule has 0 aliphatic heterocycles. The predicted molar refractivity (Wildman–Crippen MR) is 78.3 cm³/mol. The van der Waals surface area contributed by atoms with E-state index in [2.05, 4.69) is 35.6 Å². The quantitative estimate of drug-likeness (QED) is 0.893. The monoisotopic (exact) mass is 280 g/mol. The summed E-state index contributed by atoms with van der Waals surface area (Å²) < 4.78 is 0. The molecule has 2 atom stereocenters. The van der Waals surface area contributed by atoms with Crippen LogP contribution in [0, 0.1) is 0 Å². The molecule has 1 N–H and O–H groups in total. The molecule has 4 heteroatoms. The Labute approximate surface area is 117 Å². The van der Waals surface area contributed by atoms with Crippen molar-refractivity contribution in [3.05, 3.63) is 51.4 Å². The number of nitrogens with one attached hydrogen (secondary N) is 1. The average Bonchev–Trinajstić information content (AvgIpc) is 2.81. The second-order valence-electron chi connectivity index (χ2n) is 4.54. The van der Waals surface area contributed by atoms with Crippen LogP contribution in [0.25, 0.3) is 0 Å². The third kappa shape index (κ3) is 3.80. The summed E-state index contributed by atoms with van der Waals surface area (Å²) >= 11 is 7.62. The molecule has 0 aliphatic carbocycles. The van der Waals surface area contributed by atoms with E-state index in [1.165, 1.54) is 5.56 Å². The lowest BCUT2D eigenvalue weighted by Gasteiger charge is -2.18. The lowest BCUT2D eigenvalue weighted by molar-refractivity contribution is 0.471. The zero-order valence-corrected chi connectivity index (χ0v) is 12.1. The highest BCUT2D eigenvalue weighted by molar-refractivity contribution is 7.07. The Morgan fingerprint density at radius 2 is 2.22 bits per heavy atom. The smallest absolute Gasteiger partial charge is 0.0795 e. The van der Waals surface area contributed by atoms with Crippen LogP contribution in [0.1, 0.15) is 31.1 Å². The lowest BCUT2D eigenvalue weighted by atomic mass is 10.1. The minimum Gasteiger partial charge on any atom is -0.306 e. The maximum absolute atomic E-state index is 5.99. The van der Waals surface area contributed by atoms with Crippen molar-refractivity contribution in [2.75, 3.05) is 0 Å². The van der Waals surface area contributed by atoms with E-state index in [0.29, 0.717) is 6.04 Å². The third-order valence-electron chi connectivity index (χ3n) is 2.86. The summed E-state index contributed by atoms with van der Waals surface area (Å²) in [5, 5.41) is 6.44. The van der Waals surface area contributed by atoms with Gasteiger partial charge >= 0.3 is 0 Å². The van der Waals surface area contributed by atoms with E-state index >= 15 is 0 Å². The molecule has 96 valence electrons. The van der Waals surface area contributed by atoms with Crippen molar-refractivity contribution >= 4 is 22.9 Å². The molecule has 0 amide bonds. The first-order valence-corrected chi connectivity index (χ1v) is 7.36. The van der Waals surface area contributed by atoms with Crippen LogP contribution < -0.4 is 5.32 Å². The third-order valence-corrected chi connectivity index (χ3v) is 3.70. The van der Waals surface area contributed by atoms with Crippen molar-refractivity contribution in [2.45, 2.75) is 32.4 Å². The molecule has 0 radical (unpaired) electrons. The predicted octanol–water partition coefficient (Wildman–Crippen LogP) is 4.08. The number of hydrogen-bond donors (Lipinski definition) is 1. The first-order chi connectivity index (χ1) is 8.65. The minimum absolute atomic E-state index is 0.283. The fourth-order valence-electron chi connectivity index (χ4n) is 2.02. The molecule has 0 fully saturated rings. The largest absolute Gasteiger partial charge is 0.306 e. The second-order valence-corrected chi connectivity index (χ2v) is 5.69. The molecule has 2 rings (SSSR count). The Hall–Kier alpha value is -0.900. The summed E-state index contributed by atoms with van der Waals surface area (Å²) in [7, 11) is 0. The van der Waals surface area contributed by atoms with Gasteiger partial charge in [-0.1, -0.05) is 23.7 Å². The average molecular weight is 281 g/mol. The van der Waals surface area contributed by atoms with E-state index in [0.717, 1.165) is 17.1 Å². The van der Waals surface area contributed by atoms with Crippen molar-refractivity contribution in [2.24, 2.45) is 0 Å². The zero-order chi connectivity index (χ0) is 13.0. The highest BCUT2D eigenvalue weighted by Gasteiger charge is 2.11. The van der Waals surface area contributed by atoms with Gasteiger partial charge in [0.1, 0.15) is 0 Å². The number of rotatable bonds is 5. The van der Waals surface area contributed by atoms with Gasteiger partial charge < -0.3 is 5.32 Å². The van der Waals surface area contributed by atoms with Gasteiger partial charge in [-0.3, -0.25) is 0 Å². The van der Waals surface area contributed by atoms with E-state index in [-0.39, 0.29) is 6.04 Å². The van der Waals surface area contributed by atoms with Gasteiger partial charge in [-0.25, -0.2) is 4.98 Å². The van der Waals surface area contributed by atoms with Crippen LogP contribution in [0.4, 0.5) is 0 Å². The molecule has 0 spiro atoms. The number of benzene rings is 1. The van der Waals surface area contributed by atoms with Crippen LogP contribution in [0.5, 0.6) is 0 Å². The number of nitrogens with zero attached hydrogens (tertiary/aromatic N) is 1. The van der Waals surface area contributed by atoms with Crippen molar-refractivity contribution in [1.29, 1.82) is 0 Å². The molecule has 0 saturated heterocycles. The molecule has 18 heavy (non-hydrogen) atoms. The normalized spacial score (nSPS) is 14.4. The van der Waals surface area contributed by atoms with Gasteiger partial charge in [0.15, 0.2) is 0 Å². The topological polar surface area (TPSA) is 24.9 Å².